The van der Waals surface area contributed by atoms with Crippen LogP contribution in [-0.4, -0.2) is 22.0 Å². The van der Waals surface area contributed by atoms with Crippen molar-refractivity contribution in [3.8, 4) is 11.4 Å². The summed E-state index contributed by atoms with van der Waals surface area (Å²) in [5, 5.41) is 4.23. The van der Waals surface area contributed by atoms with Gasteiger partial charge in [0.05, 0.1) is 5.39 Å². The van der Waals surface area contributed by atoms with Crippen LogP contribution in [0.2, 0.25) is 0 Å². The average molecular weight is 252 g/mol. The second-order valence-electron chi connectivity index (χ2n) is 4.61. The van der Waals surface area contributed by atoms with Gasteiger partial charge in [-0.3, -0.25) is 0 Å². The molecule has 0 atom stereocenters. The number of nitrogens with one attached hydrogen (secondary N) is 2. The third-order valence-corrected chi connectivity index (χ3v) is 3.42. The monoisotopic (exact) mass is 252 g/mol. The minimum atomic E-state index is 0.735. The van der Waals surface area contributed by atoms with Crippen molar-refractivity contribution >= 4 is 16.9 Å². The summed E-state index contributed by atoms with van der Waals surface area (Å²) >= 11 is 0. The van der Waals surface area contributed by atoms with E-state index in [2.05, 4.69) is 34.1 Å². The number of rotatable bonds is 2. The predicted molar refractivity (Wildman–Crippen MR) is 78.3 cm³/mol. The van der Waals surface area contributed by atoms with E-state index < -0.39 is 0 Å². The lowest BCUT2D eigenvalue weighted by Crippen LogP contribution is -1.98. The number of benzene rings is 1. The molecule has 0 aliphatic heterocycles. The summed E-state index contributed by atoms with van der Waals surface area (Å²) < 4.78 is 0. The molecule has 0 bridgehead atoms. The van der Waals surface area contributed by atoms with Gasteiger partial charge in [-0.25, -0.2) is 9.97 Å². The van der Waals surface area contributed by atoms with Crippen LogP contribution in [-0.2, 0) is 0 Å². The van der Waals surface area contributed by atoms with Crippen molar-refractivity contribution < 1.29 is 0 Å². The van der Waals surface area contributed by atoms with Crippen LogP contribution in [0.1, 0.15) is 11.3 Å². The largest absolute Gasteiger partial charge is 0.372 e. The van der Waals surface area contributed by atoms with Crippen LogP contribution >= 0.6 is 0 Å². The lowest BCUT2D eigenvalue weighted by Gasteiger charge is -2.06. The first-order valence-electron chi connectivity index (χ1n) is 6.31. The highest BCUT2D eigenvalue weighted by atomic mass is 15.0. The fraction of sp³-hybridized carbons (Fsp3) is 0.200. The first kappa shape index (κ1) is 11.7. The van der Waals surface area contributed by atoms with Crippen molar-refractivity contribution in [3.63, 3.8) is 0 Å². The summed E-state index contributed by atoms with van der Waals surface area (Å²) in [6.45, 7) is 4.14. The molecule has 0 unspecified atom stereocenters. The maximum absolute atomic E-state index is 4.63. The second kappa shape index (κ2) is 4.39. The predicted octanol–water partition coefficient (Wildman–Crippen LogP) is 3.28. The molecule has 0 spiro atoms. The van der Waals surface area contributed by atoms with Crippen LogP contribution in [0.5, 0.6) is 0 Å². The molecular formula is C15H16N4. The van der Waals surface area contributed by atoms with Crippen LogP contribution in [0.3, 0.4) is 0 Å². The summed E-state index contributed by atoms with van der Waals surface area (Å²) in [6, 6.07) is 10.0. The molecule has 0 fully saturated rings. The Bertz CT molecular complexity index is 729. The molecule has 96 valence electrons. The van der Waals surface area contributed by atoms with E-state index in [0.29, 0.717) is 0 Å². The number of aromatic nitrogens is 3. The number of hydrogen-bond acceptors (Lipinski definition) is 3. The lowest BCUT2D eigenvalue weighted by atomic mass is 10.2. The SMILES string of the molecule is CNc1nc(-c2ccccc2)nc2[nH]c(C)c(C)c12. The summed E-state index contributed by atoms with van der Waals surface area (Å²) in [5.74, 6) is 1.60. The van der Waals surface area contributed by atoms with Crippen molar-refractivity contribution in [2.24, 2.45) is 0 Å². The Morgan fingerprint density at radius 1 is 1.05 bits per heavy atom. The Hall–Kier alpha value is -2.36. The quantitative estimate of drug-likeness (QED) is 0.736. The van der Waals surface area contributed by atoms with Crippen LogP contribution in [0.15, 0.2) is 30.3 Å². The Kier molecular flexibility index (Phi) is 2.71. The number of aromatic amines is 1. The summed E-state index contributed by atoms with van der Waals surface area (Å²) in [7, 11) is 1.89. The van der Waals surface area contributed by atoms with Gasteiger partial charge in [0, 0.05) is 18.3 Å². The molecule has 0 radical (unpaired) electrons. The van der Waals surface area contributed by atoms with Gasteiger partial charge in [-0.1, -0.05) is 30.3 Å². The van der Waals surface area contributed by atoms with Crippen molar-refractivity contribution in [2.45, 2.75) is 13.8 Å². The molecule has 2 heterocycles. The summed E-state index contributed by atoms with van der Waals surface area (Å²) in [5.41, 5.74) is 4.23. The van der Waals surface area contributed by atoms with Crippen LogP contribution in [0.25, 0.3) is 22.4 Å². The highest BCUT2D eigenvalue weighted by Gasteiger charge is 2.13. The molecule has 1 aromatic carbocycles. The van der Waals surface area contributed by atoms with E-state index in [1.165, 1.54) is 5.56 Å². The van der Waals surface area contributed by atoms with Gasteiger partial charge >= 0.3 is 0 Å². The maximum Gasteiger partial charge on any atom is 0.163 e. The first-order valence-corrected chi connectivity index (χ1v) is 6.31. The number of H-pyrrole nitrogens is 1. The van der Waals surface area contributed by atoms with Gasteiger partial charge in [0.25, 0.3) is 0 Å². The highest BCUT2D eigenvalue weighted by molar-refractivity contribution is 5.92. The minimum Gasteiger partial charge on any atom is -0.372 e. The molecule has 0 saturated carbocycles. The molecule has 2 N–H and O–H groups in total. The molecule has 0 aliphatic rings. The number of fused-ring (bicyclic) bond motifs is 1. The lowest BCUT2D eigenvalue weighted by molar-refractivity contribution is 1.18. The van der Waals surface area contributed by atoms with E-state index >= 15 is 0 Å². The summed E-state index contributed by atoms with van der Waals surface area (Å²) in [4.78, 5) is 12.6. The summed E-state index contributed by atoms with van der Waals surface area (Å²) in [6.07, 6.45) is 0. The molecule has 2 aromatic heterocycles. The Morgan fingerprint density at radius 3 is 2.47 bits per heavy atom. The van der Waals surface area contributed by atoms with Gasteiger partial charge in [0.1, 0.15) is 11.5 Å². The van der Waals surface area contributed by atoms with E-state index in [-0.39, 0.29) is 0 Å². The first-order chi connectivity index (χ1) is 9.20. The van der Waals surface area contributed by atoms with E-state index in [1.54, 1.807) is 0 Å². The zero-order valence-electron chi connectivity index (χ0n) is 11.3. The third kappa shape index (κ3) is 1.85. The minimum absolute atomic E-state index is 0.735. The van der Waals surface area contributed by atoms with Crippen molar-refractivity contribution in [2.75, 3.05) is 12.4 Å². The number of hydrogen-bond donors (Lipinski definition) is 2. The van der Waals surface area contributed by atoms with Crippen molar-refractivity contribution in [1.82, 2.24) is 15.0 Å². The molecule has 3 aromatic rings. The molecule has 3 rings (SSSR count). The van der Waals surface area contributed by atoms with Gasteiger partial charge in [-0.05, 0) is 19.4 Å². The maximum atomic E-state index is 4.63. The number of anilines is 1. The fourth-order valence-electron chi connectivity index (χ4n) is 2.26. The highest BCUT2D eigenvalue weighted by Crippen LogP contribution is 2.28. The van der Waals surface area contributed by atoms with Crippen molar-refractivity contribution in [3.05, 3.63) is 41.6 Å². The van der Waals surface area contributed by atoms with Crippen LogP contribution in [0, 0.1) is 13.8 Å². The van der Waals surface area contributed by atoms with E-state index in [4.69, 9.17) is 0 Å². The third-order valence-electron chi connectivity index (χ3n) is 3.42. The molecule has 4 nitrogen and oxygen atoms in total. The molecule has 4 heteroatoms. The van der Waals surface area contributed by atoms with Gasteiger partial charge in [-0.15, -0.1) is 0 Å². The normalized spacial score (nSPS) is 10.9. The van der Waals surface area contributed by atoms with Crippen molar-refractivity contribution in [1.29, 1.82) is 0 Å². The Labute approximate surface area is 111 Å². The Morgan fingerprint density at radius 2 is 1.79 bits per heavy atom. The van der Waals surface area contributed by atoms with Gasteiger partial charge in [0.15, 0.2) is 5.82 Å². The topological polar surface area (TPSA) is 53.6 Å². The number of nitrogens with zero attached hydrogens (tertiary/aromatic N) is 2. The van der Waals surface area contributed by atoms with Gasteiger partial charge in [0.2, 0.25) is 0 Å². The molecule has 19 heavy (non-hydrogen) atoms. The molecule has 0 aliphatic carbocycles. The van der Waals surface area contributed by atoms with Crippen LogP contribution < -0.4 is 5.32 Å². The van der Waals surface area contributed by atoms with E-state index in [0.717, 1.165) is 33.9 Å². The van der Waals surface area contributed by atoms with Gasteiger partial charge < -0.3 is 10.3 Å². The molecule has 0 saturated heterocycles. The van der Waals surface area contributed by atoms with Crippen LogP contribution in [0.4, 0.5) is 5.82 Å². The molecular weight excluding hydrogens is 236 g/mol. The van der Waals surface area contributed by atoms with Gasteiger partial charge in [-0.2, -0.15) is 0 Å². The zero-order valence-corrected chi connectivity index (χ0v) is 11.3. The second-order valence-corrected chi connectivity index (χ2v) is 4.61. The number of aryl methyl sites for hydroxylation is 2. The molecule has 0 amide bonds. The standard InChI is InChI=1S/C15H16N4/c1-9-10(2)17-15-12(9)14(16-3)18-13(19-15)11-7-5-4-6-8-11/h4-8H,1-3H3,(H2,16,17,18,19). The smallest absolute Gasteiger partial charge is 0.163 e. The van der Waals surface area contributed by atoms with E-state index in [1.807, 2.05) is 37.4 Å². The van der Waals surface area contributed by atoms with E-state index in [9.17, 15) is 0 Å². The Balaban J connectivity index is 2.29. The average Bonchev–Trinajstić information content (AvgIpc) is 2.74. The fourth-order valence-corrected chi connectivity index (χ4v) is 2.26. The zero-order chi connectivity index (χ0) is 13.4.